The van der Waals surface area contributed by atoms with Gasteiger partial charge < -0.3 is 0 Å². The maximum absolute atomic E-state index is 5.08. The largest absolute Gasteiger partial charge is 0.208 e. The molecule has 1 heterocycles. The monoisotopic (exact) mass is 685 g/mol. The second-order valence-corrected chi connectivity index (χ2v) is 16.9. The number of fused-ring (bicyclic) bond motifs is 3. The van der Waals surface area contributed by atoms with Crippen LogP contribution in [0.4, 0.5) is 0 Å². The van der Waals surface area contributed by atoms with Gasteiger partial charge >= 0.3 is 0 Å². The Morgan fingerprint density at radius 1 is 0.396 bits per heavy atom. The van der Waals surface area contributed by atoms with Gasteiger partial charge in [0.2, 0.25) is 0 Å². The number of benzene rings is 6. The average molecular weight is 686 g/mol. The fourth-order valence-corrected chi connectivity index (χ4v) is 11.6. The van der Waals surface area contributed by atoms with E-state index in [1.165, 1.54) is 59.6 Å². The van der Waals surface area contributed by atoms with Crippen LogP contribution in [0.15, 0.2) is 140 Å². The van der Waals surface area contributed by atoms with Gasteiger partial charge in [-0.25, -0.2) is 15.0 Å². The van der Waals surface area contributed by atoms with Crippen molar-refractivity contribution < 1.29 is 0 Å². The fourth-order valence-electron chi connectivity index (χ4n) is 11.6. The summed E-state index contributed by atoms with van der Waals surface area (Å²) in [6.45, 7) is 4.90. The Bertz CT molecular complexity index is 2520. The van der Waals surface area contributed by atoms with Gasteiger partial charge in [-0.2, -0.15) is 0 Å². The highest BCUT2D eigenvalue weighted by Crippen LogP contribution is 2.68. The van der Waals surface area contributed by atoms with Crippen LogP contribution >= 0.6 is 0 Å². The molecule has 0 radical (unpaired) electrons. The highest BCUT2D eigenvalue weighted by atomic mass is 15.0. The third kappa shape index (κ3) is 4.69. The van der Waals surface area contributed by atoms with E-state index < -0.39 is 0 Å². The van der Waals surface area contributed by atoms with Crippen LogP contribution < -0.4 is 0 Å². The molecule has 5 aliphatic rings. The molecule has 3 nitrogen and oxygen atoms in total. The summed E-state index contributed by atoms with van der Waals surface area (Å²) in [5.74, 6) is 5.35. The molecule has 0 saturated heterocycles. The van der Waals surface area contributed by atoms with E-state index in [0.717, 1.165) is 40.4 Å². The minimum Gasteiger partial charge on any atom is -0.208 e. The molecule has 258 valence electrons. The summed E-state index contributed by atoms with van der Waals surface area (Å²) in [4.78, 5) is 15.1. The molecule has 1 aromatic heterocycles. The van der Waals surface area contributed by atoms with Crippen LogP contribution in [0.3, 0.4) is 0 Å². The second kappa shape index (κ2) is 11.5. The van der Waals surface area contributed by atoms with Gasteiger partial charge in [0, 0.05) is 27.5 Å². The van der Waals surface area contributed by atoms with Gasteiger partial charge in [0.25, 0.3) is 0 Å². The number of hydrogen-bond donors (Lipinski definition) is 0. The molecule has 6 aromatic carbocycles. The molecule has 0 N–H and O–H groups in total. The van der Waals surface area contributed by atoms with Gasteiger partial charge in [-0.1, -0.05) is 141 Å². The van der Waals surface area contributed by atoms with Gasteiger partial charge in [-0.05, 0) is 112 Å². The van der Waals surface area contributed by atoms with Gasteiger partial charge in [0.15, 0.2) is 17.5 Å². The van der Waals surface area contributed by atoms with Crippen molar-refractivity contribution in [3.05, 3.63) is 162 Å². The summed E-state index contributed by atoms with van der Waals surface area (Å²) < 4.78 is 0. The Hall–Kier alpha value is -5.41. The number of rotatable bonds is 4. The molecule has 4 fully saturated rings. The van der Waals surface area contributed by atoms with Crippen LogP contribution in [0.1, 0.15) is 68.2 Å². The maximum Gasteiger partial charge on any atom is 0.164 e. The Morgan fingerprint density at radius 2 is 0.906 bits per heavy atom. The first-order valence-electron chi connectivity index (χ1n) is 19.6. The Kier molecular flexibility index (Phi) is 6.78. The molecule has 0 aliphatic heterocycles. The van der Waals surface area contributed by atoms with Crippen LogP contribution in [-0.4, -0.2) is 15.0 Å². The molecule has 0 unspecified atom stereocenters. The molecule has 4 bridgehead atoms. The lowest BCUT2D eigenvalue weighted by Gasteiger charge is -2.64. The number of hydrogen-bond acceptors (Lipinski definition) is 3. The molecule has 53 heavy (non-hydrogen) atoms. The zero-order chi connectivity index (χ0) is 35.3. The first-order valence-corrected chi connectivity index (χ1v) is 19.6. The van der Waals surface area contributed by atoms with E-state index in [0.29, 0.717) is 17.5 Å². The molecule has 12 rings (SSSR count). The Balaban J connectivity index is 1.01. The minimum atomic E-state index is -0.0356. The van der Waals surface area contributed by atoms with Crippen LogP contribution in [0.25, 0.3) is 56.1 Å². The summed E-state index contributed by atoms with van der Waals surface area (Å²) in [5.41, 5.74) is 11.9. The van der Waals surface area contributed by atoms with Crippen molar-refractivity contribution in [2.75, 3.05) is 0 Å². The average Bonchev–Trinajstić information content (AvgIpc) is 3.20. The van der Waals surface area contributed by atoms with Crippen molar-refractivity contribution in [2.45, 2.75) is 56.8 Å². The summed E-state index contributed by atoms with van der Waals surface area (Å²) in [6, 6.07) is 51.0. The first kappa shape index (κ1) is 31.1. The van der Waals surface area contributed by atoms with Gasteiger partial charge in [-0.3, -0.25) is 0 Å². The van der Waals surface area contributed by atoms with Crippen molar-refractivity contribution in [2.24, 2.45) is 23.7 Å². The zero-order valence-electron chi connectivity index (χ0n) is 30.5. The highest BCUT2D eigenvalue weighted by Gasteiger charge is 2.62. The lowest BCUT2D eigenvalue weighted by atomic mass is 9.39. The number of aromatic nitrogens is 3. The standard InChI is InChI=1S/C50H43N3/c1-49(2)42-14-8-9-15-44(42)50(40-25-31-24-32(27-40)28-41(50)26-31)45-30-38(22-23-43(45)49)34-16-19-36(20-17-34)47-51-46(35-11-4-3-5-12-35)52-48(53-47)39-21-18-33-10-6-7-13-37(33)29-39/h3-23,29-32,40-41H,24-28H2,1-2H3. The van der Waals surface area contributed by atoms with E-state index in [-0.39, 0.29) is 10.8 Å². The molecular weight excluding hydrogens is 643 g/mol. The van der Waals surface area contributed by atoms with Crippen LogP contribution in [-0.2, 0) is 10.8 Å². The minimum absolute atomic E-state index is 0.0356. The first-order chi connectivity index (χ1) is 25.9. The van der Waals surface area contributed by atoms with Crippen LogP contribution in [0.2, 0.25) is 0 Å². The lowest BCUT2D eigenvalue weighted by molar-refractivity contribution is -0.0443. The normalized spacial score (nSPS) is 24.6. The van der Waals surface area contributed by atoms with E-state index in [1.54, 1.807) is 16.7 Å². The van der Waals surface area contributed by atoms with Crippen LogP contribution in [0, 0.1) is 23.7 Å². The summed E-state index contributed by atoms with van der Waals surface area (Å²) in [6.07, 6.45) is 7.01. The summed E-state index contributed by atoms with van der Waals surface area (Å²) in [7, 11) is 0. The van der Waals surface area contributed by atoms with Crippen molar-refractivity contribution in [1.29, 1.82) is 0 Å². The lowest BCUT2D eigenvalue weighted by Crippen LogP contribution is -2.58. The smallest absolute Gasteiger partial charge is 0.164 e. The van der Waals surface area contributed by atoms with E-state index >= 15 is 0 Å². The third-order valence-electron chi connectivity index (χ3n) is 13.8. The topological polar surface area (TPSA) is 38.7 Å². The van der Waals surface area contributed by atoms with E-state index in [1.807, 2.05) is 18.2 Å². The van der Waals surface area contributed by atoms with Gasteiger partial charge in [0.05, 0.1) is 0 Å². The van der Waals surface area contributed by atoms with E-state index in [4.69, 9.17) is 15.0 Å². The Morgan fingerprint density at radius 3 is 1.60 bits per heavy atom. The molecule has 1 spiro atoms. The van der Waals surface area contributed by atoms with Gasteiger partial charge in [0.1, 0.15) is 0 Å². The highest BCUT2D eigenvalue weighted by molar-refractivity contribution is 5.86. The Labute approximate surface area is 312 Å². The van der Waals surface area contributed by atoms with Crippen LogP contribution in [0.5, 0.6) is 0 Å². The predicted octanol–water partition coefficient (Wildman–Crippen LogP) is 12.1. The summed E-state index contributed by atoms with van der Waals surface area (Å²) >= 11 is 0. The third-order valence-corrected chi connectivity index (χ3v) is 13.8. The molecule has 4 saturated carbocycles. The van der Waals surface area contributed by atoms with Gasteiger partial charge in [-0.15, -0.1) is 0 Å². The van der Waals surface area contributed by atoms with Crippen molar-refractivity contribution >= 4 is 10.8 Å². The molecule has 7 aromatic rings. The van der Waals surface area contributed by atoms with E-state index in [9.17, 15) is 0 Å². The zero-order valence-corrected chi connectivity index (χ0v) is 30.5. The second-order valence-electron chi connectivity index (χ2n) is 16.9. The molecule has 0 atom stereocenters. The molecule has 5 aliphatic carbocycles. The van der Waals surface area contributed by atoms with Crippen molar-refractivity contribution in [1.82, 2.24) is 15.0 Å². The maximum atomic E-state index is 5.08. The fraction of sp³-hybridized carbons (Fsp3) is 0.260. The molecule has 3 heteroatoms. The quantitative estimate of drug-likeness (QED) is 0.185. The SMILES string of the molecule is CC1(C)c2ccccc2C2(c3cc(-c4ccc(-c5nc(-c6ccccc6)nc(-c6ccc7ccccc7c6)n5)cc4)ccc31)C1CC3CC(C1)CC2C3. The van der Waals surface area contributed by atoms with Crippen molar-refractivity contribution in [3.63, 3.8) is 0 Å². The predicted molar refractivity (Wildman–Crippen MR) is 215 cm³/mol. The molecular formula is C50H43N3. The molecule has 0 amide bonds. The van der Waals surface area contributed by atoms with Crippen molar-refractivity contribution in [3.8, 4) is 45.3 Å². The number of nitrogens with zero attached hydrogens (tertiary/aromatic N) is 3. The van der Waals surface area contributed by atoms with E-state index in [2.05, 4.69) is 135 Å². The summed E-state index contributed by atoms with van der Waals surface area (Å²) in [5, 5.41) is 2.37.